The van der Waals surface area contributed by atoms with Gasteiger partial charge in [0.15, 0.2) is 0 Å². The van der Waals surface area contributed by atoms with Crippen LogP contribution < -0.4 is 4.74 Å². The Morgan fingerprint density at radius 2 is 2.00 bits per heavy atom. The van der Waals surface area contributed by atoms with Gasteiger partial charge in [-0.05, 0) is 74.6 Å². The Kier molecular flexibility index (Phi) is 7.59. The van der Waals surface area contributed by atoms with Crippen LogP contribution in [-0.4, -0.2) is 48.1 Å². The van der Waals surface area contributed by atoms with Crippen molar-refractivity contribution in [1.82, 2.24) is 24.9 Å². The van der Waals surface area contributed by atoms with Crippen LogP contribution in [0.5, 0.6) is 5.75 Å². The van der Waals surface area contributed by atoms with Gasteiger partial charge in [-0.25, -0.2) is 4.68 Å². The summed E-state index contributed by atoms with van der Waals surface area (Å²) in [7, 11) is 0. The predicted octanol–water partition coefficient (Wildman–Crippen LogP) is 6.14. The van der Waals surface area contributed by atoms with Crippen molar-refractivity contribution < 1.29 is 14.6 Å². The molecule has 0 saturated carbocycles. The first-order valence-corrected chi connectivity index (χ1v) is 14.1. The average Bonchev–Trinajstić information content (AvgIpc) is 3.29. The first-order chi connectivity index (χ1) is 19.0. The molecule has 8 nitrogen and oxygen atoms in total. The summed E-state index contributed by atoms with van der Waals surface area (Å²) in [5.74, 6) is -1.10. The number of aromatic nitrogens is 4. The Morgan fingerprint density at radius 3 is 2.73 bits per heavy atom. The minimum absolute atomic E-state index is 0.377. The molecule has 0 amide bonds. The number of rotatable bonds is 7. The number of carboxylic acid groups (broad SMARTS) is 1. The van der Waals surface area contributed by atoms with Crippen LogP contribution in [0.2, 0.25) is 5.02 Å². The molecule has 0 unspecified atom stereocenters. The van der Waals surface area contributed by atoms with Crippen molar-refractivity contribution >= 4 is 28.6 Å². The standard InChI is InChI=1S/C31H36ClN5O3/c1-7-37-29-25(32)13-24(19(3)28(29)34-35-37)27(20(4)30(38)39)21-9-8-18(2)22(12-21)15-36-16-23-14-33-11-10-26(23)40-31(5,6)17-36/h8-14,20,27H,7,15-17H2,1-6H3,(H,38,39)/t20-,27+/m1/s1. The molecule has 5 rings (SSSR count). The molecule has 2 aromatic carbocycles. The van der Waals surface area contributed by atoms with Crippen LogP contribution >= 0.6 is 11.6 Å². The number of aliphatic carboxylic acids is 1. The summed E-state index contributed by atoms with van der Waals surface area (Å²) in [6, 6.07) is 10.1. The quantitative estimate of drug-likeness (QED) is 0.289. The zero-order valence-electron chi connectivity index (χ0n) is 23.9. The minimum atomic E-state index is -0.865. The number of ether oxygens (including phenoxy) is 1. The summed E-state index contributed by atoms with van der Waals surface area (Å²) in [5, 5.41) is 19.3. The van der Waals surface area contributed by atoms with E-state index in [9.17, 15) is 9.90 Å². The third kappa shape index (κ3) is 5.30. The van der Waals surface area contributed by atoms with E-state index < -0.39 is 17.8 Å². The fourth-order valence-corrected chi connectivity index (χ4v) is 6.19. The van der Waals surface area contributed by atoms with Gasteiger partial charge in [0.2, 0.25) is 0 Å². The topological polar surface area (TPSA) is 93.4 Å². The van der Waals surface area contributed by atoms with Gasteiger partial charge in [-0.1, -0.05) is 41.9 Å². The van der Waals surface area contributed by atoms with Crippen LogP contribution in [0.4, 0.5) is 0 Å². The van der Waals surface area contributed by atoms with Crippen molar-refractivity contribution in [2.24, 2.45) is 5.92 Å². The molecule has 1 aliphatic rings. The zero-order chi connectivity index (χ0) is 28.8. The van der Waals surface area contributed by atoms with Gasteiger partial charge in [-0.15, -0.1) is 5.10 Å². The van der Waals surface area contributed by atoms with E-state index in [0.717, 1.165) is 51.2 Å². The van der Waals surface area contributed by atoms with Crippen LogP contribution in [-0.2, 0) is 24.4 Å². The number of carboxylic acids is 1. The van der Waals surface area contributed by atoms with Crippen molar-refractivity contribution in [1.29, 1.82) is 0 Å². The van der Waals surface area contributed by atoms with E-state index >= 15 is 0 Å². The molecule has 0 bridgehead atoms. The van der Waals surface area contributed by atoms with E-state index in [1.807, 2.05) is 38.2 Å². The Balaban J connectivity index is 1.57. The molecule has 2 aromatic heterocycles. The normalized spacial score (nSPS) is 16.7. The lowest BCUT2D eigenvalue weighted by atomic mass is 9.78. The number of hydrogen-bond acceptors (Lipinski definition) is 6. The number of fused-ring (bicyclic) bond motifs is 2. The summed E-state index contributed by atoms with van der Waals surface area (Å²) >= 11 is 6.77. The summed E-state index contributed by atoms with van der Waals surface area (Å²) in [6.07, 6.45) is 3.63. The van der Waals surface area contributed by atoms with E-state index in [4.69, 9.17) is 16.3 Å². The first-order valence-electron chi connectivity index (χ1n) is 13.7. The van der Waals surface area contributed by atoms with Crippen LogP contribution in [0.15, 0.2) is 42.7 Å². The highest BCUT2D eigenvalue weighted by Gasteiger charge is 2.32. The monoisotopic (exact) mass is 561 g/mol. The van der Waals surface area contributed by atoms with E-state index in [-0.39, 0.29) is 5.60 Å². The van der Waals surface area contributed by atoms with Crippen molar-refractivity contribution in [3.63, 3.8) is 0 Å². The number of aryl methyl sites for hydroxylation is 3. The lowest BCUT2D eigenvalue weighted by molar-refractivity contribution is -0.141. The number of pyridine rings is 1. The molecule has 0 spiro atoms. The van der Waals surface area contributed by atoms with E-state index in [1.165, 1.54) is 0 Å². The van der Waals surface area contributed by atoms with E-state index in [2.05, 4.69) is 53.1 Å². The summed E-state index contributed by atoms with van der Waals surface area (Å²) < 4.78 is 8.09. The van der Waals surface area contributed by atoms with Crippen molar-refractivity contribution in [3.8, 4) is 5.75 Å². The van der Waals surface area contributed by atoms with Gasteiger partial charge < -0.3 is 9.84 Å². The van der Waals surface area contributed by atoms with Gasteiger partial charge in [-0.2, -0.15) is 0 Å². The Morgan fingerprint density at radius 1 is 1.23 bits per heavy atom. The largest absolute Gasteiger partial charge is 0.486 e. The maximum absolute atomic E-state index is 12.4. The van der Waals surface area contributed by atoms with Gasteiger partial charge in [-0.3, -0.25) is 14.7 Å². The second kappa shape index (κ2) is 10.8. The summed E-state index contributed by atoms with van der Waals surface area (Å²) in [5.41, 5.74) is 7.14. The average molecular weight is 562 g/mol. The Hall–Kier alpha value is -3.49. The molecule has 0 fully saturated rings. The number of hydrogen-bond donors (Lipinski definition) is 1. The number of carbonyl (C=O) groups is 1. The highest BCUT2D eigenvalue weighted by Crippen LogP contribution is 2.40. The van der Waals surface area contributed by atoms with Crippen molar-refractivity contribution in [3.05, 3.63) is 81.1 Å². The van der Waals surface area contributed by atoms with Crippen LogP contribution in [0, 0.1) is 19.8 Å². The van der Waals surface area contributed by atoms with Gasteiger partial charge in [0.05, 0.1) is 10.9 Å². The molecule has 3 heterocycles. The van der Waals surface area contributed by atoms with Crippen LogP contribution in [0.3, 0.4) is 0 Å². The molecule has 210 valence electrons. The van der Waals surface area contributed by atoms with Gasteiger partial charge >= 0.3 is 5.97 Å². The predicted molar refractivity (Wildman–Crippen MR) is 156 cm³/mol. The molecule has 4 aromatic rings. The molecule has 0 aliphatic carbocycles. The number of benzene rings is 2. The molecular formula is C31H36ClN5O3. The fraction of sp³-hybridized carbons (Fsp3) is 0.419. The maximum atomic E-state index is 12.4. The summed E-state index contributed by atoms with van der Waals surface area (Å²) in [6.45, 7) is 14.8. The third-order valence-electron chi connectivity index (χ3n) is 7.93. The highest BCUT2D eigenvalue weighted by molar-refractivity contribution is 6.35. The zero-order valence-corrected chi connectivity index (χ0v) is 24.7. The molecule has 1 aliphatic heterocycles. The van der Waals surface area contributed by atoms with E-state index in [1.54, 1.807) is 17.8 Å². The molecule has 40 heavy (non-hydrogen) atoms. The lowest BCUT2D eigenvalue weighted by Gasteiger charge is -2.30. The van der Waals surface area contributed by atoms with Crippen molar-refractivity contribution in [2.75, 3.05) is 6.54 Å². The molecular weight excluding hydrogens is 526 g/mol. The lowest BCUT2D eigenvalue weighted by Crippen LogP contribution is -2.40. The second-order valence-corrected chi connectivity index (χ2v) is 11.9. The molecule has 9 heteroatoms. The minimum Gasteiger partial charge on any atom is -0.486 e. The SMILES string of the molecule is CCn1nnc2c(C)c([C@H](c3ccc(C)c(CN4Cc5cnccc5OC(C)(C)C4)c3)[C@@H](C)C(=O)O)cc(Cl)c21. The third-order valence-corrected chi connectivity index (χ3v) is 8.21. The first kappa shape index (κ1) is 28.1. The highest BCUT2D eigenvalue weighted by atomic mass is 35.5. The smallest absolute Gasteiger partial charge is 0.307 e. The second-order valence-electron chi connectivity index (χ2n) is 11.5. The molecule has 2 atom stereocenters. The van der Waals surface area contributed by atoms with Gasteiger partial charge in [0, 0.05) is 50.1 Å². The van der Waals surface area contributed by atoms with Gasteiger partial charge in [0.1, 0.15) is 22.4 Å². The van der Waals surface area contributed by atoms with Gasteiger partial charge in [0.25, 0.3) is 0 Å². The van der Waals surface area contributed by atoms with Crippen molar-refractivity contribution in [2.45, 2.75) is 72.7 Å². The number of nitrogens with zero attached hydrogens (tertiary/aromatic N) is 5. The Labute approximate surface area is 239 Å². The Bertz CT molecular complexity index is 1580. The maximum Gasteiger partial charge on any atom is 0.307 e. The molecule has 0 saturated heterocycles. The summed E-state index contributed by atoms with van der Waals surface area (Å²) in [4.78, 5) is 19.1. The fourth-order valence-electron chi connectivity index (χ4n) is 5.88. The molecule has 1 N–H and O–H groups in total. The van der Waals surface area contributed by atoms with Crippen LogP contribution in [0.1, 0.15) is 67.0 Å². The van der Waals surface area contributed by atoms with E-state index in [0.29, 0.717) is 30.2 Å². The molecule has 0 radical (unpaired) electrons. The number of halogens is 1. The van der Waals surface area contributed by atoms with Crippen LogP contribution in [0.25, 0.3) is 11.0 Å².